The fourth-order valence-corrected chi connectivity index (χ4v) is 9.67. The zero-order chi connectivity index (χ0) is 50.5. The van der Waals surface area contributed by atoms with Crippen LogP contribution in [-0.2, 0) is 28.6 Å². The van der Waals surface area contributed by atoms with E-state index < -0.39 is 6.10 Å². The minimum atomic E-state index is -0.764. The molecule has 6 nitrogen and oxygen atoms in total. The maximum Gasteiger partial charge on any atom is 0.306 e. The Hall–Kier alpha value is -1.59. The molecule has 2 atom stereocenters. The Morgan fingerprint density at radius 1 is 0.290 bits per heavy atom. The van der Waals surface area contributed by atoms with Gasteiger partial charge in [-0.1, -0.05) is 311 Å². The van der Waals surface area contributed by atoms with Gasteiger partial charge >= 0.3 is 17.9 Å². The van der Waals surface area contributed by atoms with Crippen LogP contribution in [0.25, 0.3) is 0 Å². The van der Waals surface area contributed by atoms with Gasteiger partial charge in [0.25, 0.3) is 0 Å². The van der Waals surface area contributed by atoms with E-state index in [4.69, 9.17) is 14.2 Å². The summed E-state index contributed by atoms with van der Waals surface area (Å²) in [5.74, 6) is 1.70. The summed E-state index contributed by atoms with van der Waals surface area (Å²) in [6, 6.07) is 0. The third-order valence-electron chi connectivity index (χ3n) is 14.8. The highest BCUT2D eigenvalue weighted by Crippen LogP contribution is 2.19. The highest BCUT2D eigenvalue weighted by atomic mass is 16.6. The second-order valence-electron chi connectivity index (χ2n) is 22.9. The van der Waals surface area contributed by atoms with Crippen LogP contribution >= 0.6 is 0 Å². The predicted octanol–water partition coefficient (Wildman–Crippen LogP) is 20.7. The molecule has 0 fully saturated rings. The van der Waals surface area contributed by atoms with Crippen molar-refractivity contribution in [2.24, 2.45) is 17.8 Å². The van der Waals surface area contributed by atoms with Gasteiger partial charge in [0.2, 0.25) is 0 Å². The van der Waals surface area contributed by atoms with E-state index in [2.05, 4.69) is 41.5 Å². The zero-order valence-corrected chi connectivity index (χ0v) is 47.6. The molecule has 6 heteroatoms. The van der Waals surface area contributed by atoms with E-state index in [-0.39, 0.29) is 31.1 Å². The monoisotopic (exact) mass is 975 g/mol. The van der Waals surface area contributed by atoms with E-state index in [1.54, 1.807) is 0 Å². The van der Waals surface area contributed by atoms with Crippen molar-refractivity contribution in [3.05, 3.63) is 0 Å². The van der Waals surface area contributed by atoms with Crippen molar-refractivity contribution in [2.45, 2.75) is 356 Å². The minimum absolute atomic E-state index is 0.0638. The van der Waals surface area contributed by atoms with Crippen molar-refractivity contribution in [1.82, 2.24) is 0 Å². The summed E-state index contributed by atoms with van der Waals surface area (Å²) in [6.45, 7) is 13.8. The van der Waals surface area contributed by atoms with Crippen LogP contribution in [0.15, 0.2) is 0 Å². The first-order valence-electron chi connectivity index (χ1n) is 31.1. The minimum Gasteiger partial charge on any atom is -0.462 e. The predicted molar refractivity (Wildman–Crippen MR) is 298 cm³/mol. The fourth-order valence-electron chi connectivity index (χ4n) is 9.67. The smallest absolute Gasteiger partial charge is 0.306 e. The molecule has 0 spiro atoms. The molecule has 0 aliphatic rings. The molecule has 0 saturated heterocycles. The fraction of sp³-hybridized carbons (Fsp3) is 0.952. The maximum absolute atomic E-state index is 12.8. The van der Waals surface area contributed by atoms with Crippen LogP contribution in [0.5, 0.6) is 0 Å². The van der Waals surface area contributed by atoms with E-state index >= 15 is 0 Å². The molecule has 0 aliphatic carbocycles. The average molecular weight is 976 g/mol. The average Bonchev–Trinajstić information content (AvgIpc) is 3.32. The summed E-state index contributed by atoms with van der Waals surface area (Å²) in [7, 11) is 0. The van der Waals surface area contributed by atoms with Gasteiger partial charge in [-0.3, -0.25) is 14.4 Å². The number of unbranched alkanes of at least 4 members (excludes halogenated alkanes) is 38. The van der Waals surface area contributed by atoms with Gasteiger partial charge in [0.1, 0.15) is 13.2 Å². The second-order valence-corrected chi connectivity index (χ2v) is 22.9. The van der Waals surface area contributed by atoms with Crippen LogP contribution in [0.2, 0.25) is 0 Å². The Balaban J connectivity index is 4.17. The molecule has 0 aliphatic heterocycles. The Bertz CT molecular complexity index is 1070. The zero-order valence-electron chi connectivity index (χ0n) is 47.6. The molecule has 0 amide bonds. The number of carbonyl (C=O) groups is 3. The molecule has 1 unspecified atom stereocenters. The van der Waals surface area contributed by atoms with Gasteiger partial charge in [0, 0.05) is 19.3 Å². The van der Waals surface area contributed by atoms with Crippen LogP contribution in [0.1, 0.15) is 350 Å². The molecule has 0 N–H and O–H groups in total. The van der Waals surface area contributed by atoms with Crippen LogP contribution in [0.4, 0.5) is 0 Å². The van der Waals surface area contributed by atoms with E-state index in [1.807, 2.05) is 0 Å². The summed E-state index contributed by atoms with van der Waals surface area (Å²) in [5, 5.41) is 0. The van der Waals surface area contributed by atoms with Gasteiger partial charge in [0.05, 0.1) is 0 Å². The highest BCUT2D eigenvalue weighted by molar-refractivity contribution is 5.71. The van der Waals surface area contributed by atoms with Gasteiger partial charge in [-0.15, -0.1) is 0 Å². The molecule has 0 rings (SSSR count). The topological polar surface area (TPSA) is 78.9 Å². The van der Waals surface area contributed by atoms with Gasteiger partial charge in [0.15, 0.2) is 6.10 Å². The number of esters is 3. The maximum atomic E-state index is 12.8. The lowest BCUT2D eigenvalue weighted by molar-refractivity contribution is -0.167. The first-order valence-corrected chi connectivity index (χ1v) is 31.1. The van der Waals surface area contributed by atoms with Crippen LogP contribution in [-0.4, -0.2) is 37.2 Å². The Morgan fingerprint density at radius 2 is 0.507 bits per heavy atom. The number of ether oxygens (including phenoxy) is 3. The highest BCUT2D eigenvalue weighted by Gasteiger charge is 2.19. The summed E-state index contributed by atoms with van der Waals surface area (Å²) >= 11 is 0. The SMILES string of the molecule is CCC(C)CCCCCCCCCCCCCCCCCCCCC(=O)OC[C@H](COC(=O)CCCCCCCCCCCCCCCCCCC(C)C)OC(=O)CCCCCCCCCC(C)C. The molecule has 0 saturated carbocycles. The van der Waals surface area contributed by atoms with Crippen molar-refractivity contribution in [2.75, 3.05) is 13.2 Å². The summed E-state index contributed by atoms with van der Waals surface area (Å²) in [4.78, 5) is 38.2. The summed E-state index contributed by atoms with van der Waals surface area (Å²) in [5.41, 5.74) is 0. The van der Waals surface area contributed by atoms with E-state index in [1.165, 1.54) is 231 Å². The Labute approximate surface area is 431 Å². The van der Waals surface area contributed by atoms with Gasteiger partial charge in [-0.25, -0.2) is 0 Å². The molecule has 0 bridgehead atoms. The van der Waals surface area contributed by atoms with E-state index in [9.17, 15) is 14.4 Å². The molecule has 0 aromatic rings. The quantitative estimate of drug-likeness (QED) is 0.0343. The summed E-state index contributed by atoms with van der Waals surface area (Å²) in [6.07, 6.45) is 58.3. The lowest BCUT2D eigenvalue weighted by Crippen LogP contribution is -2.30. The third kappa shape index (κ3) is 55.6. The lowest BCUT2D eigenvalue weighted by Gasteiger charge is -2.18. The van der Waals surface area contributed by atoms with Crippen molar-refractivity contribution < 1.29 is 28.6 Å². The largest absolute Gasteiger partial charge is 0.462 e. The van der Waals surface area contributed by atoms with Crippen molar-refractivity contribution in [3.8, 4) is 0 Å². The number of hydrogen-bond donors (Lipinski definition) is 0. The van der Waals surface area contributed by atoms with E-state index in [0.717, 1.165) is 75.5 Å². The van der Waals surface area contributed by atoms with Crippen LogP contribution in [0.3, 0.4) is 0 Å². The molecule has 410 valence electrons. The van der Waals surface area contributed by atoms with Gasteiger partial charge < -0.3 is 14.2 Å². The van der Waals surface area contributed by atoms with Gasteiger partial charge in [-0.2, -0.15) is 0 Å². The third-order valence-corrected chi connectivity index (χ3v) is 14.8. The van der Waals surface area contributed by atoms with Crippen molar-refractivity contribution in [3.63, 3.8) is 0 Å². The Morgan fingerprint density at radius 3 is 0.754 bits per heavy atom. The lowest BCUT2D eigenvalue weighted by atomic mass is 9.99. The van der Waals surface area contributed by atoms with Crippen LogP contribution in [0, 0.1) is 17.8 Å². The first kappa shape index (κ1) is 67.4. The second kappa shape index (κ2) is 54.2. The molecule has 69 heavy (non-hydrogen) atoms. The number of carbonyl (C=O) groups excluding carboxylic acids is 3. The molecule has 0 heterocycles. The van der Waals surface area contributed by atoms with Crippen molar-refractivity contribution in [1.29, 1.82) is 0 Å². The van der Waals surface area contributed by atoms with Gasteiger partial charge in [-0.05, 0) is 37.0 Å². The Kier molecular flexibility index (Phi) is 52.9. The molecule has 0 aromatic heterocycles. The van der Waals surface area contributed by atoms with Crippen molar-refractivity contribution >= 4 is 17.9 Å². The number of rotatable bonds is 56. The van der Waals surface area contributed by atoms with E-state index in [0.29, 0.717) is 19.3 Å². The molecular formula is C63H122O6. The normalized spacial score (nSPS) is 12.5. The standard InChI is InChI=1S/C63H122O6/c1-7-59(6)51-45-39-33-27-23-19-15-10-8-9-11-16-20-24-28-34-40-46-52-61(64)67-55-60(69-63(66)54-48-42-36-30-32-38-44-50-58(4)5)56-68-62(65)53-47-41-35-29-25-21-17-13-12-14-18-22-26-31-37-43-49-57(2)3/h57-60H,7-56H2,1-6H3/t59?,60-/m1/s1. The number of hydrogen-bond acceptors (Lipinski definition) is 6. The summed E-state index contributed by atoms with van der Waals surface area (Å²) < 4.78 is 16.9. The first-order chi connectivity index (χ1) is 33.6. The molecular weight excluding hydrogens is 853 g/mol. The van der Waals surface area contributed by atoms with Crippen LogP contribution < -0.4 is 0 Å². The molecule has 0 radical (unpaired) electrons. The molecule has 0 aromatic carbocycles.